The van der Waals surface area contributed by atoms with Gasteiger partial charge in [0.15, 0.2) is 0 Å². The van der Waals surface area contributed by atoms with Crippen LogP contribution in [0.5, 0.6) is 11.5 Å². The Hall–Kier alpha value is -2.56. The van der Waals surface area contributed by atoms with Gasteiger partial charge in [0.1, 0.15) is 17.3 Å². The first kappa shape index (κ1) is 19.2. The zero-order valence-corrected chi connectivity index (χ0v) is 15.7. The number of hydrogen-bond acceptors (Lipinski definition) is 3. The Morgan fingerprint density at radius 1 is 1.15 bits per heavy atom. The van der Waals surface area contributed by atoms with Gasteiger partial charge >= 0.3 is 0 Å². The summed E-state index contributed by atoms with van der Waals surface area (Å²) in [6.07, 6.45) is 3.05. The highest BCUT2D eigenvalue weighted by Crippen LogP contribution is 2.33. The highest BCUT2D eigenvalue weighted by Gasteiger charge is 2.29. The number of halogens is 1. The molecule has 0 bridgehead atoms. The second-order valence-corrected chi connectivity index (χ2v) is 6.66. The van der Waals surface area contributed by atoms with Gasteiger partial charge in [-0.1, -0.05) is 18.2 Å². The number of benzene rings is 2. The molecule has 1 heterocycles. The number of amides is 1. The van der Waals surface area contributed by atoms with Crippen molar-refractivity contribution in [1.29, 1.82) is 0 Å². The maximum Gasteiger partial charge on any atom is 0.223 e. The van der Waals surface area contributed by atoms with Crippen LogP contribution < -0.4 is 9.47 Å². The van der Waals surface area contributed by atoms with Gasteiger partial charge in [-0.15, -0.1) is 0 Å². The molecule has 0 saturated carbocycles. The van der Waals surface area contributed by atoms with Crippen molar-refractivity contribution in [1.82, 2.24) is 4.90 Å². The topological polar surface area (TPSA) is 38.8 Å². The summed E-state index contributed by atoms with van der Waals surface area (Å²) in [4.78, 5) is 14.6. The quantitative estimate of drug-likeness (QED) is 0.629. The van der Waals surface area contributed by atoms with E-state index in [-0.39, 0.29) is 17.8 Å². The summed E-state index contributed by atoms with van der Waals surface area (Å²) in [6, 6.07) is 14.2. The van der Waals surface area contributed by atoms with E-state index in [0.29, 0.717) is 31.8 Å². The zero-order valence-electron chi connectivity index (χ0n) is 15.7. The maximum atomic E-state index is 13.1. The average Bonchev–Trinajstić information content (AvgIpc) is 3.16. The number of carbonyl (C=O) groups is 1. The van der Waals surface area contributed by atoms with Crippen molar-refractivity contribution < 1.29 is 18.7 Å². The fraction of sp³-hybridized carbons (Fsp3) is 0.409. The second kappa shape index (κ2) is 9.40. The molecule has 144 valence electrons. The van der Waals surface area contributed by atoms with Crippen LogP contribution >= 0.6 is 0 Å². The highest BCUT2D eigenvalue weighted by molar-refractivity contribution is 5.77. The van der Waals surface area contributed by atoms with Crippen LogP contribution in [0.4, 0.5) is 4.39 Å². The Morgan fingerprint density at radius 2 is 1.96 bits per heavy atom. The smallest absolute Gasteiger partial charge is 0.223 e. The minimum Gasteiger partial charge on any atom is -0.494 e. The van der Waals surface area contributed by atoms with Crippen molar-refractivity contribution in [2.75, 3.05) is 19.8 Å². The van der Waals surface area contributed by atoms with Crippen molar-refractivity contribution in [3.8, 4) is 11.5 Å². The number of carbonyl (C=O) groups excluding carboxylic acids is 1. The van der Waals surface area contributed by atoms with Gasteiger partial charge in [0.05, 0.1) is 19.3 Å². The molecule has 3 rings (SSSR count). The van der Waals surface area contributed by atoms with E-state index in [1.807, 2.05) is 36.1 Å². The molecule has 0 spiro atoms. The fourth-order valence-electron chi connectivity index (χ4n) is 3.48. The van der Waals surface area contributed by atoms with Crippen LogP contribution in [0.15, 0.2) is 48.5 Å². The summed E-state index contributed by atoms with van der Waals surface area (Å²) in [7, 11) is 0. The Bertz CT molecular complexity index is 747. The van der Waals surface area contributed by atoms with Crippen molar-refractivity contribution in [3.05, 3.63) is 59.9 Å². The number of rotatable bonds is 8. The number of nitrogens with zero attached hydrogens (tertiary/aromatic N) is 1. The lowest BCUT2D eigenvalue weighted by molar-refractivity contribution is -0.132. The first-order valence-electron chi connectivity index (χ1n) is 9.58. The van der Waals surface area contributed by atoms with Crippen LogP contribution in [0.3, 0.4) is 0 Å². The first-order valence-corrected chi connectivity index (χ1v) is 9.58. The summed E-state index contributed by atoms with van der Waals surface area (Å²) in [5.74, 6) is 1.18. The normalized spacial score (nSPS) is 16.4. The zero-order chi connectivity index (χ0) is 19.1. The van der Waals surface area contributed by atoms with Crippen LogP contribution in [0, 0.1) is 5.82 Å². The van der Waals surface area contributed by atoms with E-state index >= 15 is 0 Å². The van der Waals surface area contributed by atoms with Crippen molar-refractivity contribution in [2.45, 2.75) is 38.6 Å². The third-order valence-corrected chi connectivity index (χ3v) is 4.75. The monoisotopic (exact) mass is 371 g/mol. The summed E-state index contributed by atoms with van der Waals surface area (Å²) < 4.78 is 24.1. The molecule has 1 unspecified atom stereocenters. The Balaban J connectivity index is 1.49. The van der Waals surface area contributed by atoms with Gasteiger partial charge < -0.3 is 14.4 Å². The molecular weight excluding hydrogens is 345 g/mol. The molecule has 0 radical (unpaired) electrons. The van der Waals surface area contributed by atoms with Gasteiger partial charge in [0, 0.05) is 19.0 Å². The lowest BCUT2D eigenvalue weighted by Gasteiger charge is -2.25. The largest absolute Gasteiger partial charge is 0.494 e. The standard InChI is InChI=1S/C22H26FNO3/c1-2-26-19-12-10-17(11-13-19)21-8-4-14-24(21)22(25)9-5-15-27-20-7-3-6-18(23)16-20/h3,6-7,10-13,16,21H,2,4-5,8-9,14-15H2,1H3. The minimum absolute atomic E-state index is 0.136. The number of ether oxygens (including phenoxy) is 2. The molecule has 0 aromatic heterocycles. The van der Waals surface area contributed by atoms with Gasteiger partial charge in [-0.25, -0.2) is 4.39 Å². The van der Waals surface area contributed by atoms with E-state index in [4.69, 9.17) is 9.47 Å². The van der Waals surface area contributed by atoms with E-state index in [0.717, 1.165) is 30.7 Å². The molecule has 1 fully saturated rings. The molecule has 5 heteroatoms. The molecule has 1 aliphatic rings. The highest BCUT2D eigenvalue weighted by atomic mass is 19.1. The molecule has 1 atom stereocenters. The van der Waals surface area contributed by atoms with Gasteiger partial charge in [-0.3, -0.25) is 4.79 Å². The van der Waals surface area contributed by atoms with Crippen LogP contribution in [0.25, 0.3) is 0 Å². The second-order valence-electron chi connectivity index (χ2n) is 6.66. The Morgan fingerprint density at radius 3 is 2.70 bits per heavy atom. The summed E-state index contributed by atoms with van der Waals surface area (Å²) >= 11 is 0. The molecule has 1 saturated heterocycles. The molecule has 2 aromatic rings. The lowest BCUT2D eigenvalue weighted by Crippen LogP contribution is -2.30. The molecule has 1 amide bonds. The van der Waals surface area contributed by atoms with Gasteiger partial charge in [-0.2, -0.15) is 0 Å². The van der Waals surface area contributed by atoms with Crippen LogP contribution in [-0.4, -0.2) is 30.6 Å². The Kier molecular flexibility index (Phi) is 6.69. The lowest BCUT2D eigenvalue weighted by atomic mass is 10.0. The van der Waals surface area contributed by atoms with Crippen molar-refractivity contribution in [2.24, 2.45) is 0 Å². The van der Waals surface area contributed by atoms with E-state index in [9.17, 15) is 9.18 Å². The number of hydrogen-bond donors (Lipinski definition) is 0. The molecule has 0 N–H and O–H groups in total. The molecule has 0 aliphatic carbocycles. The predicted octanol–water partition coefficient (Wildman–Crippen LogP) is 4.75. The van der Waals surface area contributed by atoms with Gasteiger partial charge in [-0.05, 0) is 56.0 Å². The van der Waals surface area contributed by atoms with Crippen LogP contribution in [0.2, 0.25) is 0 Å². The maximum absolute atomic E-state index is 13.1. The van der Waals surface area contributed by atoms with E-state index in [2.05, 4.69) is 0 Å². The molecule has 27 heavy (non-hydrogen) atoms. The molecule has 1 aliphatic heterocycles. The van der Waals surface area contributed by atoms with E-state index in [1.165, 1.54) is 12.1 Å². The van der Waals surface area contributed by atoms with E-state index in [1.54, 1.807) is 12.1 Å². The average molecular weight is 371 g/mol. The van der Waals surface area contributed by atoms with Crippen LogP contribution in [0.1, 0.15) is 44.2 Å². The predicted molar refractivity (Wildman–Crippen MR) is 102 cm³/mol. The third kappa shape index (κ3) is 5.22. The minimum atomic E-state index is -0.321. The molecule has 2 aromatic carbocycles. The van der Waals surface area contributed by atoms with Gasteiger partial charge in [0.25, 0.3) is 0 Å². The summed E-state index contributed by atoms with van der Waals surface area (Å²) in [6.45, 7) is 3.80. The summed E-state index contributed by atoms with van der Waals surface area (Å²) in [5, 5.41) is 0. The number of likely N-dealkylation sites (tertiary alicyclic amines) is 1. The third-order valence-electron chi connectivity index (χ3n) is 4.75. The summed E-state index contributed by atoms with van der Waals surface area (Å²) in [5.41, 5.74) is 1.15. The molecule has 4 nitrogen and oxygen atoms in total. The first-order chi connectivity index (χ1) is 13.2. The van der Waals surface area contributed by atoms with Gasteiger partial charge in [0.2, 0.25) is 5.91 Å². The van der Waals surface area contributed by atoms with Crippen molar-refractivity contribution >= 4 is 5.91 Å². The van der Waals surface area contributed by atoms with Crippen LogP contribution in [-0.2, 0) is 4.79 Å². The Labute approximate surface area is 159 Å². The van der Waals surface area contributed by atoms with Crippen molar-refractivity contribution in [3.63, 3.8) is 0 Å². The van der Waals surface area contributed by atoms with E-state index < -0.39 is 0 Å². The molecular formula is C22H26FNO3. The fourth-order valence-corrected chi connectivity index (χ4v) is 3.48. The SMILES string of the molecule is CCOc1ccc(C2CCCN2C(=O)CCCOc2cccc(F)c2)cc1.